The van der Waals surface area contributed by atoms with Crippen molar-refractivity contribution in [1.29, 1.82) is 0 Å². The number of benzene rings is 1. The second-order valence-electron chi connectivity index (χ2n) is 5.98. The van der Waals surface area contributed by atoms with Gasteiger partial charge in [-0.15, -0.1) is 0 Å². The smallest absolute Gasteiger partial charge is 0.113 e. The minimum absolute atomic E-state index is 0.141. The molecule has 0 N–H and O–H groups in total. The Morgan fingerprint density at radius 1 is 1.26 bits per heavy atom. The normalized spacial score (nSPS) is 29.3. The van der Waals surface area contributed by atoms with Gasteiger partial charge in [0.2, 0.25) is 0 Å². The number of hydrogen-bond acceptors (Lipinski definition) is 2. The van der Waals surface area contributed by atoms with E-state index in [1.807, 2.05) is 12.1 Å². The van der Waals surface area contributed by atoms with Crippen molar-refractivity contribution in [2.45, 2.75) is 31.8 Å². The second-order valence-corrected chi connectivity index (χ2v) is 6.82. The monoisotopic (exact) mass is 292 g/mol. The summed E-state index contributed by atoms with van der Waals surface area (Å²) >= 11 is 12.5. The van der Waals surface area contributed by atoms with Crippen molar-refractivity contribution in [2.75, 3.05) is 0 Å². The maximum Gasteiger partial charge on any atom is 0.113 e. The lowest BCUT2D eigenvalue weighted by molar-refractivity contribution is 0.195. The lowest BCUT2D eigenvalue weighted by Gasteiger charge is -2.46. The molecule has 1 fully saturated rings. The van der Waals surface area contributed by atoms with Crippen LogP contribution in [0.1, 0.15) is 25.8 Å². The van der Waals surface area contributed by atoms with Crippen LogP contribution in [0.5, 0.6) is 0 Å². The molecule has 2 aliphatic heterocycles. The molecule has 2 bridgehead atoms. The molecule has 0 spiro atoms. The fourth-order valence-electron chi connectivity index (χ4n) is 3.75. The van der Waals surface area contributed by atoms with E-state index >= 15 is 0 Å². The van der Waals surface area contributed by atoms with Crippen LogP contribution in [-0.2, 0) is 5.54 Å². The van der Waals surface area contributed by atoms with E-state index in [4.69, 9.17) is 28.2 Å². The SMILES string of the molecule is CC1(C)c2c(Cl)cc(Cl)cc2N=C2C3C=CC(C3)N21. The maximum absolute atomic E-state index is 6.43. The molecule has 0 saturated carbocycles. The third-order valence-electron chi connectivity index (χ3n) is 4.45. The highest BCUT2D eigenvalue weighted by Crippen LogP contribution is 2.51. The molecular formula is C15H14Cl2N2. The zero-order valence-electron chi connectivity index (χ0n) is 10.8. The quantitative estimate of drug-likeness (QED) is 0.641. The van der Waals surface area contributed by atoms with Gasteiger partial charge in [-0.25, -0.2) is 4.99 Å². The number of rotatable bonds is 0. The molecule has 1 saturated heterocycles. The average Bonchev–Trinajstić information content (AvgIpc) is 2.87. The number of halogens is 2. The molecule has 1 aromatic rings. The van der Waals surface area contributed by atoms with Gasteiger partial charge in [0.05, 0.1) is 17.3 Å². The van der Waals surface area contributed by atoms with Gasteiger partial charge in [0.1, 0.15) is 5.84 Å². The molecule has 98 valence electrons. The first kappa shape index (κ1) is 11.8. The van der Waals surface area contributed by atoms with Gasteiger partial charge >= 0.3 is 0 Å². The summed E-state index contributed by atoms with van der Waals surface area (Å²) in [5.74, 6) is 1.62. The average molecular weight is 293 g/mol. The lowest BCUT2D eigenvalue weighted by atomic mass is 9.87. The summed E-state index contributed by atoms with van der Waals surface area (Å²) in [5, 5.41) is 1.36. The number of nitrogens with zero attached hydrogens (tertiary/aromatic N) is 2. The van der Waals surface area contributed by atoms with Gasteiger partial charge in [-0.1, -0.05) is 35.4 Å². The number of hydrogen-bond donors (Lipinski definition) is 0. The molecule has 3 aliphatic rings. The van der Waals surface area contributed by atoms with Crippen molar-refractivity contribution >= 4 is 34.7 Å². The van der Waals surface area contributed by atoms with E-state index in [1.165, 1.54) is 5.84 Å². The first-order valence-electron chi connectivity index (χ1n) is 6.54. The van der Waals surface area contributed by atoms with E-state index in [-0.39, 0.29) is 5.54 Å². The molecule has 4 heteroatoms. The minimum atomic E-state index is -0.141. The van der Waals surface area contributed by atoms with Crippen LogP contribution >= 0.6 is 23.2 Å². The van der Waals surface area contributed by atoms with Crippen molar-refractivity contribution in [3.8, 4) is 0 Å². The Morgan fingerprint density at radius 2 is 2.05 bits per heavy atom. The van der Waals surface area contributed by atoms with Crippen LogP contribution in [0, 0.1) is 5.92 Å². The third-order valence-corrected chi connectivity index (χ3v) is 4.97. The summed E-state index contributed by atoms with van der Waals surface area (Å²) < 4.78 is 0. The topological polar surface area (TPSA) is 15.6 Å². The summed E-state index contributed by atoms with van der Waals surface area (Å²) in [6, 6.07) is 4.19. The molecule has 2 heterocycles. The summed E-state index contributed by atoms with van der Waals surface area (Å²) in [6.45, 7) is 4.43. The predicted molar refractivity (Wildman–Crippen MR) is 79.5 cm³/mol. The van der Waals surface area contributed by atoms with Gasteiger partial charge in [-0.05, 0) is 32.4 Å². The van der Waals surface area contributed by atoms with E-state index in [1.54, 1.807) is 0 Å². The van der Waals surface area contributed by atoms with Crippen LogP contribution in [-0.4, -0.2) is 16.8 Å². The molecule has 1 aromatic carbocycles. The number of amidine groups is 1. The molecule has 0 radical (unpaired) electrons. The van der Waals surface area contributed by atoms with Gasteiger partial charge in [0.25, 0.3) is 0 Å². The second kappa shape index (κ2) is 3.56. The molecule has 2 unspecified atom stereocenters. The summed E-state index contributed by atoms with van der Waals surface area (Å²) in [6.07, 6.45) is 5.70. The van der Waals surface area contributed by atoms with E-state index in [0.29, 0.717) is 22.0 Å². The van der Waals surface area contributed by atoms with E-state index in [2.05, 4.69) is 30.9 Å². The van der Waals surface area contributed by atoms with E-state index in [9.17, 15) is 0 Å². The first-order chi connectivity index (χ1) is 8.98. The number of fused-ring (bicyclic) bond motifs is 6. The molecule has 0 amide bonds. The summed E-state index contributed by atoms with van der Waals surface area (Å²) in [4.78, 5) is 7.25. The fraction of sp³-hybridized carbons (Fsp3) is 0.400. The van der Waals surface area contributed by atoms with Gasteiger partial charge in [-0.2, -0.15) is 0 Å². The van der Waals surface area contributed by atoms with Crippen LogP contribution in [0.3, 0.4) is 0 Å². The van der Waals surface area contributed by atoms with Gasteiger partial charge in [0.15, 0.2) is 0 Å². The van der Waals surface area contributed by atoms with E-state index < -0.39 is 0 Å². The van der Waals surface area contributed by atoms with Crippen LogP contribution in [0.15, 0.2) is 29.3 Å². The highest BCUT2D eigenvalue weighted by Gasteiger charge is 2.49. The molecule has 2 atom stereocenters. The first-order valence-corrected chi connectivity index (χ1v) is 7.30. The molecule has 4 rings (SSSR count). The van der Waals surface area contributed by atoms with E-state index in [0.717, 1.165) is 17.7 Å². The summed E-state index contributed by atoms with van der Waals surface area (Å²) in [5.41, 5.74) is 1.87. The zero-order chi connectivity index (χ0) is 13.4. The highest BCUT2D eigenvalue weighted by atomic mass is 35.5. The summed E-state index contributed by atoms with van der Waals surface area (Å²) in [7, 11) is 0. The standard InChI is InChI=1S/C15H14Cl2N2/c1-15(2)13-11(17)6-9(16)7-12(13)18-14-8-3-4-10(5-8)19(14)15/h3-4,6-8,10H,5H2,1-2H3. The van der Waals surface area contributed by atoms with Crippen molar-refractivity contribution in [1.82, 2.24) is 4.90 Å². The Labute approximate surface area is 122 Å². The van der Waals surface area contributed by atoms with Crippen LogP contribution in [0.4, 0.5) is 5.69 Å². The highest BCUT2D eigenvalue weighted by molar-refractivity contribution is 6.35. The molecule has 0 aromatic heterocycles. The zero-order valence-corrected chi connectivity index (χ0v) is 12.3. The van der Waals surface area contributed by atoms with Crippen LogP contribution in [0.25, 0.3) is 0 Å². The van der Waals surface area contributed by atoms with Crippen molar-refractivity contribution < 1.29 is 0 Å². The molecule has 19 heavy (non-hydrogen) atoms. The Bertz CT molecular complexity index is 646. The Hall–Kier alpha value is -0.990. The van der Waals surface area contributed by atoms with Gasteiger partial charge in [-0.3, -0.25) is 0 Å². The fourth-order valence-corrected chi connectivity index (χ4v) is 4.46. The maximum atomic E-state index is 6.43. The van der Waals surface area contributed by atoms with Crippen molar-refractivity contribution in [3.63, 3.8) is 0 Å². The number of aliphatic imine (C=N–C) groups is 1. The molecular weight excluding hydrogens is 279 g/mol. The molecule has 2 nitrogen and oxygen atoms in total. The Morgan fingerprint density at radius 3 is 2.84 bits per heavy atom. The molecule has 1 aliphatic carbocycles. The third kappa shape index (κ3) is 1.42. The van der Waals surface area contributed by atoms with Crippen LogP contribution in [0.2, 0.25) is 10.0 Å². The minimum Gasteiger partial charge on any atom is -0.344 e. The predicted octanol–water partition coefficient (Wildman–Crippen LogP) is 4.53. The largest absolute Gasteiger partial charge is 0.344 e. The van der Waals surface area contributed by atoms with Crippen molar-refractivity contribution in [2.24, 2.45) is 10.9 Å². The van der Waals surface area contributed by atoms with Crippen LogP contribution < -0.4 is 0 Å². The van der Waals surface area contributed by atoms with Gasteiger partial charge < -0.3 is 4.90 Å². The Kier molecular flexibility index (Phi) is 2.21. The lowest BCUT2D eigenvalue weighted by Crippen LogP contribution is -2.50. The van der Waals surface area contributed by atoms with Gasteiger partial charge in [0, 0.05) is 21.5 Å². The van der Waals surface area contributed by atoms with Crippen molar-refractivity contribution in [3.05, 3.63) is 39.9 Å². The Balaban J connectivity index is 2.01.